The lowest BCUT2D eigenvalue weighted by molar-refractivity contribution is -0.121. The van der Waals surface area contributed by atoms with Gasteiger partial charge in [-0.3, -0.25) is 9.59 Å². The van der Waals surface area contributed by atoms with Crippen molar-refractivity contribution in [2.45, 2.75) is 31.6 Å². The highest BCUT2D eigenvalue weighted by Crippen LogP contribution is 2.17. The first-order valence-corrected chi connectivity index (χ1v) is 9.73. The number of nitrogens with one attached hydrogen (secondary N) is 1. The van der Waals surface area contributed by atoms with Gasteiger partial charge in [0.05, 0.1) is 6.61 Å². The molecule has 0 saturated carbocycles. The van der Waals surface area contributed by atoms with Crippen LogP contribution in [-0.2, 0) is 4.79 Å². The van der Waals surface area contributed by atoms with Gasteiger partial charge in [0.2, 0.25) is 5.91 Å². The second-order valence-corrected chi connectivity index (χ2v) is 7.21. The minimum atomic E-state index is 0.0359. The van der Waals surface area contributed by atoms with Crippen LogP contribution in [0.5, 0.6) is 5.75 Å². The summed E-state index contributed by atoms with van der Waals surface area (Å²) >= 11 is 1.74. The molecule has 2 rings (SSSR count). The summed E-state index contributed by atoms with van der Waals surface area (Å²) in [6.07, 6.45) is 1.10. The minimum Gasteiger partial charge on any atom is -0.494 e. The maximum Gasteiger partial charge on any atom is 0.220 e. The quantitative estimate of drug-likeness (QED) is 0.385. The van der Waals surface area contributed by atoms with Crippen molar-refractivity contribution in [2.24, 2.45) is 0 Å². The third-order valence-corrected chi connectivity index (χ3v) is 4.81. The van der Waals surface area contributed by atoms with E-state index in [4.69, 9.17) is 4.74 Å². The van der Waals surface area contributed by atoms with Gasteiger partial charge in [-0.2, -0.15) is 0 Å². The molecule has 0 radical (unpaired) electrons. The second kappa shape index (κ2) is 10.7. The Balaban J connectivity index is 1.54. The van der Waals surface area contributed by atoms with Gasteiger partial charge >= 0.3 is 0 Å². The van der Waals surface area contributed by atoms with Gasteiger partial charge in [-0.1, -0.05) is 17.7 Å². The number of hydrogen-bond acceptors (Lipinski definition) is 4. The number of Topliss-reactive ketones (excluding diaryl/α,β-unsaturated/α-hetero) is 1. The molecular formula is C21H25NO3S. The van der Waals surface area contributed by atoms with Gasteiger partial charge in [-0.15, -0.1) is 11.8 Å². The van der Waals surface area contributed by atoms with E-state index >= 15 is 0 Å². The van der Waals surface area contributed by atoms with Gasteiger partial charge in [0.15, 0.2) is 5.78 Å². The molecule has 138 valence electrons. The van der Waals surface area contributed by atoms with E-state index in [0.29, 0.717) is 37.3 Å². The van der Waals surface area contributed by atoms with Crippen molar-refractivity contribution in [2.75, 3.05) is 18.9 Å². The third-order valence-electron chi connectivity index (χ3n) is 3.79. The van der Waals surface area contributed by atoms with Gasteiger partial charge < -0.3 is 10.1 Å². The zero-order chi connectivity index (χ0) is 18.8. The average molecular weight is 372 g/mol. The van der Waals surface area contributed by atoms with Crippen molar-refractivity contribution >= 4 is 23.5 Å². The van der Waals surface area contributed by atoms with Crippen LogP contribution in [0.2, 0.25) is 0 Å². The molecule has 26 heavy (non-hydrogen) atoms. The van der Waals surface area contributed by atoms with Crippen molar-refractivity contribution in [1.82, 2.24) is 5.32 Å². The van der Waals surface area contributed by atoms with Gasteiger partial charge in [0.1, 0.15) is 5.75 Å². The summed E-state index contributed by atoms with van der Waals surface area (Å²) < 4.78 is 5.59. The van der Waals surface area contributed by atoms with E-state index in [-0.39, 0.29) is 11.7 Å². The van der Waals surface area contributed by atoms with Crippen LogP contribution in [0.3, 0.4) is 0 Å². The molecule has 2 aromatic carbocycles. The Morgan fingerprint density at radius 3 is 2.38 bits per heavy atom. The van der Waals surface area contributed by atoms with E-state index in [1.807, 2.05) is 0 Å². The molecule has 4 nitrogen and oxygen atoms in total. The summed E-state index contributed by atoms with van der Waals surface area (Å²) in [7, 11) is 0. The lowest BCUT2D eigenvalue weighted by Crippen LogP contribution is -2.25. The Morgan fingerprint density at radius 1 is 1.04 bits per heavy atom. The van der Waals surface area contributed by atoms with Crippen LogP contribution in [-0.4, -0.2) is 30.6 Å². The van der Waals surface area contributed by atoms with Gasteiger partial charge in [-0.25, -0.2) is 0 Å². The molecule has 2 aromatic rings. The highest BCUT2D eigenvalue weighted by molar-refractivity contribution is 7.99. The number of benzene rings is 2. The molecule has 0 bridgehead atoms. The maximum atomic E-state index is 11.8. The predicted molar refractivity (Wildman–Crippen MR) is 106 cm³/mol. The van der Waals surface area contributed by atoms with Gasteiger partial charge in [0.25, 0.3) is 0 Å². The summed E-state index contributed by atoms with van der Waals surface area (Å²) in [5.74, 6) is 1.65. The Hall–Kier alpha value is -2.27. The lowest BCUT2D eigenvalue weighted by atomic mass is 10.1. The van der Waals surface area contributed by atoms with Crippen LogP contribution < -0.4 is 10.1 Å². The molecule has 0 heterocycles. The fraction of sp³-hybridized carbons (Fsp3) is 0.333. The molecule has 0 aromatic heterocycles. The number of ketones is 1. The summed E-state index contributed by atoms with van der Waals surface area (Å²) in [6, 6.07) is 15.4. The highest BCUT2D eigenvalue weighted by atomic mass is 32.2. The van der Waals surface area contributed by atoms with E-state index in [1.54, 1.807) is 36.0 Å². The van der Waals surface area contributed by atoms with Crippen LogP contribution in [0, 0.1) is 6.92 Å². The van der Waals surface area contributed by atoms with E-state index in [1.165, 1.54) is 17.4 Å². The maximum absolute atomic E-state index is 11.8. The molecule has 0 aliphatic carbocycles. The smallest absolute Gasteiger partial charge is 0.220 e. The summed E-state index contributed by atoms with van der Waals surface area (Å²) in [4.78, 5) is 24.2. The molecule has 0 aliphatic heterocycles. The Kier molecular flexibility index (Phi) is 8.22. The first-order valence-electron chi connectivity index (χ1n) is 8.74. The van der Waals surface area contributed by atoms with Crippen molar-refractivity contribution in [3.05, 3.63) is 59.7 Å². The molecular weight excluding hydrogens is 346 g/mol. The van der Waals surface area contributed by atoms with Crippen LogP contribution >= 0.6 is 11.8 Å². The molecule has 0 spiro atoms. The number of carbonyl (C=O) groups is 2. The van der Waals surface area contributed by atoms with Crippen LogP contribution in [0.1, 0.15) is 35.7 Å². The largest absolute Gasteiger partial charge is 0.494 e. The SMILES string of the molecule is CC(=O)c1ccc(OCCCC(=O)NCCSc2ccc(C)cc2)cc1. The molecule has 5 heteroatoms. The van der Waals surface area contributed by atoms with Gasteiger partial charge in [-0.05, 0) is 56.7 Å². The number of amides is 1. The molecule has 0 fully saturated rings. The van der Waals surface area contributed by atoms with E-state index in [9.17, 15) is 9.59 Å². The van der Waals surface area contributed by atoms with E-state index in [2.05, 4.69) is 36.5 Å². The summed E-state index contributed by atoms with van der Waals surface area (Å²) in [5, 5.41) is 2.93. The highest BCUT2D eigenvalue weighted by Gasteiger charge is 2.03. The van der Waals surface area contributed by atoms with Crippen LogP contribution in [0.4, 0.5) is 0 Å². The molecule has 0 atom stereocenters. The number of rotatable bonds is 10. The van der Waals surface area contributed by atoms with Crippen molar-refractivity contribution in [1.29, 1.82) is 0 Å². The summed E-state index contributed by atoms with van der Waals surface area (Å²) in [5.41, 5.74) is 1.92. The standard InChI is InChI=1S/C21H25NO3S/c1-16-5-11-20(12-6-16)26-15-13-22-21(24)4-3-14-25-19-9-7-18(8-10-19)17(2)23/h5-12H,3-4,13-15H2,1-2H3,(H,22,24). The lowest BCUT2D eigenvalue weighted by Gasteiger charge is -2.08. The first-order chi connectivity index (χ1) is 12.5. The van der Waals surface area contributed by atoms with E-state index in [0.717, 1.165) is 5.75 Å². The van der Waals surface area contributed by atoms with Crippen molar-refractivity contribution in [3.8, 4) is 5.75 Å². The third kappa shape index (κ3) is 7.31. The normalized spacial score (nSPS) is 10.4. The Morgan fingerprint density at radius 2 is 1.73 bits per heavy atom. The van der Waals surface area contributed by atoms with Crippen LogP contribution in [0.25, 0.3) is 0 Å². The number of ether oxygens (including phenoxy) is 1. The average Bonchev–Trinajstić information content (AvgIpc) is 2.64. The molecule has 0 unspecified atom stereocenters. The topological polar surface area (TPSA) is 55.4 Å². The van der Waals surface area contributed by atoms with Crippen LogP contribution in [0.15, 0.2) is 53.4 Å². The predicted octanol–water partition coefficient (Wildman–Crippen LogP) is 4.27. The molecule has 1 N–H and O–H groups in total. The Bertz CT molecular complexity index is 711. The second-order valence-electron chi connectivity index (χ2n) is 6.04. The number of hydrogen-bond donors (Lipinski definition) is 1. The fourth-order valence-electron chi connectivity index (χ4n) is 2.29. The van der Waals surface area contributed by atoms with E-state index < -0.39 is 0 Å². The van der Waals surface area contributed by atoms with Crippen molar-refractivity contribution < 1.29 is 14.3 Å². The Labute approximate surface area is 159 Å². The fourth-order valence-corrected chi connectivity index (χ4v) is 3.06. The number of thioether (sulfide) groups is 1. The van der Waals surface area contributed by atoms with Gasteiger partial charge in [0, 0.05) is 29.2 Å². The molecule has 0 aliphatic rings. The number of aryl methyl sites for hydroxylation is 1. The summed E-state index contributed by atoms with van der Waals surface area (Å²) in [6.45, 7) is 4.74. The zero-order valence-electron chi connectivity index (χ0n) is 15.3. The van der Waals surface area contributed by atoms with Crippen molar-refractivity contribution in [3.63, 3.8) is 0 Å². The molecule has 1 amide bonds. The first kappa shape index (κ1) is 20.0. The monoisotopic (exact) mass is 371 g/mol. The molecule has 0 saturated heterocycles. The zero-order valence-corrected chi connectivity index (χ0v) is 16.1. The number of carbonyl (C=O) groups excluding carboxylic acids is 2. The minimum absolute atomic E-state index is 0.0359.